The highest BCUT2D eigenvalue weighted by atomic mass is 32.2. The monoisotopic (exact) mass is 527 g/mol. The van der Waals surface area contributed by atoms with Gasteiger partial charge in [0.2, 0.25) is 5.95 Å². The second-order valence-electron chi connectivity index (χ2n) is 7.76. The average Bonchev–Trinajstić information content (AvgIpc) is 3.29. The third-order valence-corrected chi connectivity index (χ3v) is 6.90. The van der Waals surface area contributed by atoms with E-state index in [4.69, 9.17) is 0 Å². The number of aromatic nitrogens is 3. The minimum absolute atomic E-state index is 0.00990. The van der Waals surface area contributed by atoms with Gasteiger partial charge in [-0.1, -0.05) is 11.3 Å². The van der Waals surface area contributed by atoms with Gasteiger partial charge in [-0.3, -0.25) is 4.79 Å². The summed E-state index contributed by atoms with van der Waals surface area (Å²) in [5, 5.41) is 6.17. The number of halogens is 3. The van der Waals surface area contributed by atoms with E-state index in [-0.39, 0.29) is 24.0 Å². The summed E-state index contributed by atoms with van der Waals surface area (Å²) in [6.07, 6.45) is -3.32. The summed E-state index contributed by atoms with van der Waals surface area (Å²) in [5.41, 5.74) is 2.16. The van der Waals surface area contributed by atoms with Gasteiger partial charge in [0, 0.05) is 31.5 Å². The first-order valence-electron chi connectivity index (χ1n) is 10.2. The van der Waals surface area contributed by atoms with E-state index in [9.17, 15) is 26.4 Å². The Morgan fingerprint density at radius 1 is 1.14 bits per heavy atom. The zero-order chi connectivity index (χ0) is 25.4. The summed E-state index contributed by atoms with van der Waals surface area (Å²) in [6.45, 7) is 0.228. The zero-order valence-electron chi connectivity index (χ0n) is 18.5. The second-order valence-corrected chi connectivity index (χ2v) is 11.0. The van der Waals surface area contributed by atoms with Gasteiger partial charge in [0.25, 0.3) is 5.91 Å². The highest BCUT2D eigenvalue weighted by Gasteiger charge is 2.31. The number of imidazole rings is 1. The van der Waals surface area contributed by atoms with Crippen LogP contribution in [0.3, 0.4) is 0 Å². The van der Waals surface area contributed by atoms with Crippen LogP contribution in [0.2, 0.25) is 0 Å². The van der Waals surface area contributed by atoms with Gasteiger partial charge in [0.1, 0.15) is 15.6 Å². The molecule has 0 radical (unpaired) electrons. The van der Waals surface area contributed by atoms with Crippen molar-refractivity contribution in [2.75, 3.05) is 23.9 Å². The lowest BCUT2D eigenvalue weighted by molar-refractivity contribution is -0.274. The quantitative estimate of drug-likeness (QED) is 0.333. The molecule has 0 bridgehead atoms. The van der Waals surface area contributed by atoms with Crippen molar-refractivity contribution < 1.29 is 31.1 Å². The van der Waals surface area contributed by atoms with Gasteiger partial charge in [-0.2, -0.15) is 0 Å². The smallest absolute Gasteiger partial charge is 0.406 e. The van der Waals surface area contributed by atoms with Crippen LogP contribution in [0.25, 0.3) is 21.3 Å². The molecule has 0 atom stereocenters. The third-order valence-electron chi connectivity index (χ3n) is 4.93. The highest BCUT2D eigenvalue weighted by molar-refractivity contribution is 7.90. The van der Waals surface area contributed by atoms with E-state index in [0.717, 1.165) is 23.1 Å². The van der Waals surface area contributed by atoms with Crippen LogP contribution in [0.15, 0.2) is 36.4 Å². The SMILES string of the molecule is Cn1c(Nc2nc3ccc(OC(F)(F)F)cc3s2)nc2cc(C(=O)NCCCS(C)(=O)=O)ccc21. The van der Waals surface area contributed by atoms with Crippen LogP contribution in [0, 0.1) is 0 Å². The Bertz CT molecular complexity index is 1510. The van der Waals surface area contributed by atoms with Crippen molar-refractivity contribution in [2.45, 2.75) is 12.8 Å². The standard InChI is InChI=1S/C21H20F3N5O4S2/c1-29-16-7-4-12(18(30)25-8-3-9-35(2,31)32)10-15(16)26-19(29)28-20-27-14-6-5-13(11-17(14)34-20)33-21(22,23)24/h4-7,10-11H,3,8-9H2,1-2H3,(H,25,30)(H,26,27,28). The maximum Gasteiger partial charge on any atom is 0.573 e. The Labute approximate surface area is 201 Å². The molecule has 0 aliphatic heterocycles. The molecule has 2 heterocycles. The van der Waals surface area contributed by atoms with Crippen LogP contribution < -0.4 is 15.4 Å². The van der Waals surface area contributed by atoms with Crippen molar-refractivity contribution in [3.63, 3.8) is 0 Å². The van der Waals surface area contributed by atoms with Crippen LogP contribution in [-0.2, 0) is 16.9 Å². The van der Waals surface area contributed by atoms with E-state index in [1.165, 1.54) is 18.2 Å². The molecule has 2 aromatic heterocycles. The van der Waals surface area contributed by atoms with E-state index in [1.807, 2.05) is 0 Å². The molecule has 0 unspecified atom stereocenters. The number of hydrogen-bond acceptors (Lipinski definition) is 8. The summed E-state index contributed by atoms with van der Waals surface area (Å²) < 4.78 is 66.0. The van der Waals surface area contributed by atoms with Gasteiger partial charge >= 0.3 is 6.36 Å². The summed E-state index contributed by atoms with van der Waals surface area (Å²) in [5.74, 6) is -0.255. The Morgan fingerprint density at radius 2 is 1.91 bits per heavy atom. The normalized spacial score (nSPS) is 12.3. The number of alkyl halides is 3. The first-order chi connectivity index (χ1) is 16.4. The number of ether oxygens (including phenoxy) is 1. The van der Waals surface area contributed by atoms with Crippen molar-refractivity contribution in [1.29, 1.82) is 0 Å². The predicted octanol–water partition coefficient (Wildman–Crippen LogP) is 3.99. The lowest BCUT2D eigenvalue weighted by atomic mass is 10.2. The molecule has 186 valence electrons. The number of benzene rings is 2. The molecule has 14 heteroatoms. The topological polar surface area (TPSA) is 115 Å². The van der Waals surface area contributed by atoms with Gasteiger partial charge < -0.3 is 19.9 Å². The van der Waals surface area contributed by atoms with E-state index >= 15 is 0 Å². The van der Waals surface area contributed by atoms with Crippen molar-refractivity contribution >= 4 is 59.4 Å². The van der Waals surface area contributed by atoms with Gasteiger partial charge in [0.05, 0.1) is 27.0 Å². The lowest BCUT2D eigenvalue weighted by Gasteiger charge is -2.07. The van der Waals surface area contributed by atoms with Crippen LogP contribution in [-0.4, -0.2) is 53.8 Å². The first-order valence-corrected chi connectivity index (χ1v) is 13.1. The Kier molecular flexibility index (Phi) is 6.60. The Hall–Kier alpha value is -3.39. The molecule has 1 amide bonds. The second kappa shape index (κ2) is 9.34. The molecule has 0 aliphatic rings. The van der Waals surface area contributed by atoms with E-state index in [0.29, 0.717) is 38.8 Å². The number of sulfone groups is 1. The fourth-order valence-electron chi connectivity index (χ4n) is 3.34. The van der Waals surface area contributed by atoms with E-state index in [1.54, 1.807) is 29.8 Å². The Balaban J connectivity index is 1.49. The fraction of sp³-hybridized carbons (Fsp3) is 0.286. The lowest BCUT2D eigenvalue weighted by Crippen LogP contribution is -2.25. The van der Waals surface area contributed by atoms with Crippen molar-refractivity contribution in [3.8, 4) is 5.75 Å². The van der Waals surface area contributed by atoms with Gasteiger partial charge in [-0.25, -0.2) is 18.4 Å². The van der Waals surface area contributed by atoms with Crippen LogP contribution in [0.4, 0.5) is 24.3 Å². The summed E-state index contributed by atoms with van der Waals surface area (Å²) in [4.78, 5) is 21.3. The number of fused-ring (bicyclic) bond motifs is 2. The molecule has 0 fully saturated rings. The molecule has 4 aromatic rings. The number of aryl methyl sites for hydroxylation is 1. The number of amides is 1. The number of nitrogens with zero attached hydrogens (tertiary/aromatic N) is 3. The van der Waals surface area contributed by atoms with Gasteiger partial charge in [0.15, 0.2) is 5.13 Å². The molecule has 9 nitrogen and oxygen atoms in total. The number of nitrogens with one attached hydrogen (secondary N) is 2. The van der Waals surface area contributed by atoms with Gasteiger partial charge in [-0.15, -0.1) is 13.2 Å². The van der Waals surface area contributed by atoms with Crippen LogP contribution >= 0.6 is 11.3 Å². The van der Waals surface area contributed by atoms with Crippen LogP contribution in [0.5, 0.6) is 5.75 Å². The molecule has 0 saturated carbocycles. The highest BCUT2D eigenvalue weighted by Crippen LogP contribution is 2.33. The fourth-order valence-corrected chi connectivity index (χ4v) is 4.90. The average molecular weight is 528 g/mol. The first kappa shape index (κ1) is 24.7. The van der Waals surface area contributed by atoms with Gasteiger partial charge in [-0.05, 0) is 36.8 Å². The molecule has 35 heavy (non-hydrogen) atoms. The van der Waals surface area contributed by atoms with Crippen molar-refractivity contribution in [1.82, 2.24) is 19.9 Å². The number of thiazole rings is 1. The summed E-state index contributed by atoms with van der Waals surface area (Å²) in [6, 6.07) is 8.89. The molecular weight excluding hydrogens is 507 g/mol. The number of carbonyl (C=O) groups excluding carboxylic acids is 1. The molecular formula is C21H20F3N5O4S2. The number of rotatable bonds is 8. The van der Waals surface area contributed by atoms with Crippen molar-refractivity contribution in [3.05, 3.63) is 42.0 Å². The minimum Gasteiger partial charge on any atom is -0.406 e. The number of anilines is 2. The molecule has 2 aromatic carbocycles. The molecule has 0 saturated heterocycles. The summed E-state index contributed by atoms with van der Waals surface area (Å²) in [7, 11) is -1.32. The Morgan fingerprint density at radius 3 is 2.63 bits per heavy atom. The summed E-state index contributed by atoms with van der Waals surface area (Å²) >= 11 is 1.14. The minimum atomic E-state index is -4.78. The third kappa shape index (κ3) is 6.19. The number of carbonyl (C=O) groups is 1. The molecule has 2 N–H and O–H groups in total. The predicted molar refractivity (Wildman–Crippen MR) is 127 cm³/mol. The molecule has 0 aliphatic carbocycles. The largest absolute Gasteiger partial charge is 0.573 e. The van der Waals surface area contributed by atoms with Crippen LogP contribution in [0.1, 0.15) is 16.8 Å². The molecule has 0 spiro atoms. The molecule has 4 rings (SSSR count). The zero-order valence-corrected chi connectivity index (χ0v) is 20.1. The number of hydrogen-bond donors (Lipinski definition) is 2. The maximum atomic E-state index is 12.5. The van der Waals surface area contributed by atoms with E-state index < -0.39 is 16.2 Å². The maximum absolute atomic E-state index is 12.5. The van der Waals surface area contributed by atoms with E-state index in [2.05, 4.69) is 25.3 Å². The van der Waals surface area contributed by atoms with Crippen molar-refractivity contribution in [2.24, 2.45) is 7.05 Å².